The Balaban J connectivity index is 1.61. The molecule has 1 aromatic carbocycles. The molecule has 2 aromatic rings. The fraction of sp³-hybridized carbons (Fsp3) is 0.600. The lowest BCUT2D eigenvalue weighted by Gasteiger charge is -2.36. The Kier molecular flexibility index (Phi) is 12.8. The monoisotopic (exact) mass is 622 g/mol. The smallest absolute Gasteiger partial charge is 0.258 e. The van der Waals surface area contributed by atoms with Crippen LogP contribution in [0.5, 0.6) is 5.75 Å². The number of fused-ring (bicyclic) bond motifs is 1. The van der Waals surface area contributed by atoms with Crippen molar-refractivity contribution in [1.82, 2.24) is 14.8 Å². The highest BCUT2D eigenvalue weighted by Gasteiger charge is 2.32. The number of hydrogen-bond donors (Lipinski definition) is 2. The van der Waals surface area contributed by atoms with Gasteiger partial charge in [-0.05, 0) is 76.3 Å². The van der Waals surface area contributed by atoms with E-state index in [1.165, 1.54) is 6.42 Å². The maximum absolute atomic E-state index is 14.3. The van der Waals surface area contributed by atoms with Gasteiger partial charge in [-0.2, -0.15) is 0 Å². The van der Waals surface area contributed by atoms with E-state index in [4.69, 9.17) is 9.47 Å². The van der Waals surface area contributed by atoms with Crippen LogP contribution in [0.15, 0.2) is 42.7 Å². The number of likely N-dealkylation sites (N-methyl/N-ethyl adjacent to an activating group) is 1. The number of benzene rings is 1. The summed E-state index contributed by atoms with van der Waals surface area (Å²) in [4.78, 5) is 47.9. The molecule has 2 heterocycles. The molecule has 45 heavy (non-hydrogen) atoms. The zero-order valence-electron chi connectivity index (χ0n) is 27.2. The van der Waals surface area contributed by atoms with Crippen molar-refractivity contribution < 1.29 is 29.0 Å². The number of nitrogens with one attached hydrogen (secondary N) is 1. The van der Waals surface area contributed by atoms with Crippen LogP contribution < -0.4 is 10.1 Å². The maximum atomic E-state index is 14.3. The number of anilines is 1. The van der Waals surface area contributed by atoms with E-state index < -0.39 is 6.04 Å². The van der Waals surface area contributed by atoms with Crippen molar-refractivity contribution in [2.45, 2.75) is 90.4 Å². The van der Waals surface area contributed by atoms with Gasteiger partial charge in [0.2, 0.25) is 5.91 Å². The van der Waals surface area contributed by atoms with Gasteiger partial charge in [0.05, 0.1) is 30.4 Å². The molecule has 1 aliphatic carbocycles. The van der Waals surface area contributed by atoms with E-state index >= 15 is 0 Å². The molecule has 0 spiro atoms. The molecule has 4 atom stereocenters. The number of amides is 3. The minimum atomic E-state index is -0.490. The van der Waals surface area contributed by atoms with E-state index in [2.05, 4.69) is 10.3 Å². The molecule has 2 aliphatic rings. The van der Waals surface area contributed by atoms with Crippen LogP contribution in [0.2, 0.25) is 0 Å². The summed E-state index contributed by atoms with van der Waals surface area (Å²) in [5.74, 6) is -0.0987. The molecule has 0 radical (unpaired) electrons. The molecule has 1 saturated carbocycles. The fourth-order valence-corrected chi connectivity index (χ4v) is 6.19. The highest BCUT2D eigenvalue weighted by atomic mass is 16.5. The number of pyridine rings is 1. The standard InChI is InChI=1S/C35H50N4O6/c1-24-21-39(25(2)23-40)35(43)30-20-29(37-33(41)27-15-17-36-18-16-27)13-14-31(30)45-26(3)10-8-9-19-44-32(24)22-38(4)34(42)28-11-6-5-7-12-28/h13-18,20,24-26,28,32,40H,5-12,19,21-23H2,1-4H3,(H,37,41)/t24-,25+,26-,32-/m1/s1. The second-order valence-corrected chi connectivity index (χ2v) is 12.8. The zero-order valence-corrected chi connectivity index (χ0v) is 27.2. The number of aliphatic hydroxyl groups is 1. The molecule has 10 heteroatoms. The fourth-order valence-electron chi connectivity index (χ4n) is 6.19. The topological polar surface area (TPSA) is 121 Å². The third kappa shape index (κ3) is 9.50. The van der Waals surface area contributed by atoms with Crippen LogP contribution in [0.1, 0.15) is 92.9 Å². The summed E-state index contributed by atoms with van der Waals surface area (Å²) < 4.78 is 12.7. The Labute approximate surface area is 267 Å². The maximum Gasteiger partial charge on any atom is 0.258 e. The molecule has 1 aliphatic heterocycles. The van der Waals surface area contributed by atoms with Crippen molar-refractivity contribution in [3.8, 4) is 5.75 Å². The van der Waals surface area contributed by atoms with Crippen molar-refractivity contribution in [2.24, 2.45) is 11.8 Å². The van der Waals surface area contributed by atoms with Gasteiger partial charge in [0.25, 0.3) is 11.8 Å². The number of ether oxygens (including phenoxy) is 2. The minimum Gasteiger partial charge on any atom is -0.490 e. The molecule has 10 nitrogen and oxygen atoms in total. The number of rotatable bonds is 7. The van der Waals surface area contributed by atoms with Crippen LogP contribution in [0.4, 0.5) is 5.69 Å². The number of aliphatic hydroxyl groups excluding tert-OH is 1. The van der Waals surface area contributed by atoms with Crippen molar-refractivity contribution in [3.63, 3.8) is 0 Å². The van der Waals surface area contributed by atoms with Crippen LogP contribution in [0.25, 0.3) is 0 Å². The minimum absolute atomic E-state index is 0.0660. The Morgan fingerprint density at radius 1 is 1.07 bits per heavy atom. The first kappa shape index (κ1) is 34.4. The van der Waals surface area contributed by atoms with E-state index in [-0.39, 0.29) is 48.4 Å². The zero-order chi connectivity index (χ0) is 32.3. The Morgan fingerprint density at radius 2 is 1.78 bits per heavy atom. The first-order chi connectivity index (χ1) is 21.7. The molecule has 0 unspecified atom stereocenters. The van der Waals surface area contributed by atoms with Crippen LogP contribution in [0, 0.1) is 11.8 Å². The second kappa shape index (κ2) is 16.7. The third-order valence-corrected chi connectivity index (χ3v) is 9.04. The average Bonchev–Trinajstić information content (AvgIpc) is 3.06. The first-order valence-corrected chi connectivity index (χ1v) is 16.5. The van der Waals surface area contributed by atoms with Crippen molar-refractivity contribution in [1.29, 1.82) is 0 Å². The summed E-state index contributed by atoms with van der Waals surface area (Å²) in [6.07, 6.45) is 10.4. The quantitative estimate of drug-likeness (QED) is 0.437. The van der Waals surface area contributed by atoms with Crippen LogP contribution in [-0.2, 0) is 9.53 Å². The van der Waals surface area contributed by atoms with E-state index in [1.807, 2.05) is 25.8 Å². The van der Waals surface area contributed by atoms with E-state index in [0.29, 0.717) is 42.3 Å². The van der Waals surface area contributed by atoms with Crippen LogP contribution in [0.3, 0.4) is 0 Å². The third-order valence-electron chi connectivity index (χ3n) is 9.04. The summed E-state index contributed by atoms with van der Waals surface area (Å²) in [5, 5.41) is 13.1. The van der Waals surface area contributed by atoms with E-state index in [0.717, 1.165) is 44.9 Å². The lowest BCUT2D eigenvalue weighted by Crippen LogP contribution is -2.48. The number of carbonyl (C=O) groups is 3. The van der Waals surface area contributed by atoms with Gasteiger partial charge in [0.1, 0.15) is 5.75 Å². The normalized spacial score (nSPS) is 22.8. The van der Waals surface area contributed by atoms with Gasteiger partial charge in [-0.1, -0.05) is 26.2 Å². The van der Waals surface area contributed by atoms with Gasteiger partial charge in [-0.3, -0.25) is 19.4 Å². The average molecular weight is 623 g/mol. The summed E-state index contributed by atoms with van der Waals surface area (Å²) in [6.45, 7) is 6.88. The van der Waals surface area contributed by atoms with Gasteiger partial charge in [-0.25, -0.2) is 0 Å². The van der Waals surface area contributed by atoms with E-state index in [1.54, 1.807) is 54.5 Å². The lowest BCUT2D eigenvalue weighted by molar-refractivity contribution is -0.137. The first-order valence-electron chi connectivity index (χ1n) is 16.5. The molecule has 246 valence electrons. The molecule has 3 amide bonds. The second-order valence-electron chi connectivity index (χ2n) is 12.8. The van der Waals surface area contributed by atoms with Crippen LogP contribution in [-0.4, -0.2) is 89.2 Å². The number of nitrogens with zero attached hydrogens (tertiary/aromatic N) is 3. The summed E-state index contributed by atoms with van der Waals surface area (Å²) in [5.41, 5.74) is 1.21. The van der Waals surface area contributed by atoms with Crippen molar-refractivity contribution in [3.05, 3.63) is 53.9 Å². The highest BCUT2D eigenvalue weighted by molar-refractivity contribution is 6.05. The number of carbonyl (C=O) groups excluding carboxylic acids is 3. The molecule has 2 N–H and O–H groups in total. The Morgan fingerprint density at radius 3 is 2.49 bits per heavy atom. The van der Waals surface area contributed by atoms with Gasteiger partial charge in [-0.15, -0.1) is 0 Å². The molecular formula is C35H50N4O6. The summed E-state index contributed by atoms with van der Waals surface area (Å²) in [6, 6.07) is 7.84. The molecule has 0 saturated heterocycles. The largest absolute Gasteiger partial charge is 0.490 e. The molecule has 4 rings (SSSR count). The van der Waals surface area contributed by atoms with E-state index in [9.17, 15) is 19.5 Å². The summed E-state index contributed by atoms with van der Waals surface area (Å²) >= 11 is 0. The predicted molar refractivity (Wildman–Crippen MR) is 173 cm³/mol. The van der Waals surface area contributed by atoms with Gasteiger partial charge < -0.3 is 29.7 Å². The van der Waals surface area contributed by atoms with Gasteiger partial charge >= 0.3 is 0 Å². The highest BCUT2D eigenvalue weighted by Crippen LogP contribution is 2.29. The predicted octanol–water partition coefficient (Wildman–Crippen LogP) is 5.17. The molecule has 1 aromatic heterocycles. The van der Waals surface area contributed by atoms with Crippen molar-refractivity contribution >= 4 is 23.4 Å². The number of aromatic nitrogens is 1. The molecule has 0 bridgehead atoms. The molecule has 1 fully saturated rings. The summed E-state index contributed by atoms with van der Waals surface area (Å²) in [7, 11) is 1.86. The number of hydrogen-bond acceptors (Lipinski definition) is 7. The SMILES string of the molecule is C[C@@H]1CCCCO[C@H](CN(C)C(=O)C2CCCCC2)[C@H](C)CN([C@@H](C)CO)C(=O)c2cc(NC(=O)c3ccncc3)ccc2O1. The van der Waals surface area contributed by atoms with Crippen LogP contribution >= 0.6 is 0 Å². The van der Waals surface area contributed by atoms with Gasteiger partial charge in [0, 0.05) is 62.2 Å². The Bertz CT molecular complexity index is 1270. The van der Waals surface area contributed by atoms with Gasteiger partial charge in [0.15, 0.2) is 0 Å². The lowest BCUT2D eigenvalue weighted by atomic mass is 9.88. The van der Waals surface area contributed by atoms with Crippen molar-refractivity contribution in [2.75, 3.05) is 38.7 Å². The Hall–Kier alpha value is -3.50. The molecular weight excluding hydrogens is 572 g/mol.